The average Bonchev–Trinajstić information content (AvgIpc) is 3.46. The van der Waals surface area contributed by atoms with E-state index in [1.165, 1.54) is 41.0 Å². The summed E-state index contributed by atoms with van der Waals surface area (Å²) in [4.78, 5) is 3.11. The minimum atomic E-state index is -1.76. The molecule has 2 unspecified atom stereocenters. The van der Waals surface area contributed by atoms with E-state index in [2.05, 4.69) is 17.5 Å². The SMILES string of the molecule is C=C/C(F)=C\C.CC.CC.CC.COc1c(OSc2cccc(F)c2)ccc2c1CN1CCc3cc4c(cc3C1C2)OS(=O)O4. The molecular weight excluding hydrogens is 617 g/mol. The van der Waals surface area contributed by atoms with E-state index in [1.807, 2.05) is 59.7 Å². The van der Waals surface area contributed by atoms with E-state index in [0.29, 0.717) is 27.9 Å². The Balaban J connectivity index is 0.000000516. The van der Waals surface area contributed by atoms with Crippen LogP contribution in [-0.2, 0) is 30.7 Å². The third-order valence-corrected chi connectivity index (χ3v) is 8.12. The number of hydrogen-bond acceptors (Lipinski definition) is 7. The lowest BCUT2D eigenvalue weighted by Crippen LogP contribution is -2.39. The van der Waals surface area contributed by atoms with E-state index < -0.39 is 11.4 Å². The first kappa shape index (κ1) is 37.8. The van der Waals surface area contributed by atoms with Crippen molar-refractivity contribution >= 4 is 23.4 Å². The van der Waals surface area contributed by atoms with Gasteiger partial charge in [-0.05, 0) is 78.9 Å². The van der Waals surface area contributed by atoms with E-state index in [4.69, 9.17) is 17.3 Å². The lowest BCUT2D eigenvalue weighted by atomic mass is 9.83. The predicted molar refractivity (Wildman–Crippen MR) is 181 cm³/mol. The summed E-state index contributed by atoms with van der Waals surface area (Å²) in [5.41, 5.74) is 4.70. The fourth-order valence-corrected chi connectivity index (χ4v) is 6.13. The minimum absolute atomic E-state index is 0.197. The molecule has 0 saturated heterocycles. The molecule has 0 aliphatic carbocycles. The smallest absolute Gasteiger partial charge is 0.417 e. The summed E-state index contributed by atoms with van der Waals surface area (Å²) in [6.45, 7) is 18.4. The van der Waals surface area contributed by atoms with Crippen LogP contribution in [0.5, 0.6) is 23.0 Å². The van der Waals surface area contributed by atoms with Gasteiger partial charge in [0.1, 0.15) is 11.6 Å². The molecule has 2 atom stereocenters. The molecule has 0 fully saturated rings. The Bertz CT molecular complexity index is 1460. The Kier molecular flexibility index (Phi) is 16.2. The molecule has 6 rings (SSSR count). The summed E-state index contributed by atoms with van der Waals surface area (Å²) in [7, 11) is 1.65. The van der Waals surface area contributed by atoms with Crippen LogP contribution in [0.4, 0.5) is 8.78 Å². The van der Waals surface area contributed by atoms with Crippen LogP contribution in [0.1, 0.15) is 76.8 Å². The lowest BCUT2D eigenvalue weighted by molar-refractivity contribution is 0.158. The standard InChI is InChI=1S/C24H20FNO5S2.C5H7F.3C2H6/c1-28-24-19-13-26-8-7-15-10-22-23(31-33(27)30-22)12-18(15)20(26)9-14(19)5-6-21(24)29-32-17-4-2-3-16(25)11-17;1-3-5(6)4-2;3*1-2/h2-6,10-12,20H,7-9,13H2,1H3;3-4H,1H2,2H3;3*1-2H3/b;5-4+;;;. The molecule has 0 amide bonds. The van der Waals surface area contributed by atoms with Crippen molar-refractivity contribution in [1.82, 2.24) is 4.90 Å². The average molecular weight is 662 g/mol. The number of fused-ring (bicyclic) bond motifs is 5. The van der Waals surface area contributed by atoms with Gasteiger partial charge in [-0.3, -0.25) is 4.90 Å². The van der Waals surface area contributed by atoms with Crippen LogP contribution in [0.15, 0.2) is 78.0 Å². The fourth-order valence-electron chi connectivity index (χ4n) is 4.93. The summed E-state index contributed by atoms with van der Waals surface area (Å²) in [5, 5.41) is 0. The molecule has 0 aromatic heterocycles. The lowest BCUT2D eigenvalue weighted by Gasteiger charge is -2.41. The molecule has 3 aliphatic heterocycles. The zero-order valence-electron chi connectivity index (χ0n) is 27.4. The molecule has 45 heavy (non-hydrogen) atoms. The van der Waals surface area contributed by atoms with Gasteiger partial charge >= 0.3 is 11.4 Å². The Labute approximate surface area is 274 Å². The van der Waals surface area contributed by atoms with Crippen LogP contribution >= 0.6 is 12.0 Å². The van der Waals surface area contributed by atoms with Crippen molar-refractivity contribution in [2.24, 2.45) is 0 Å². The van der Waals surface area contributed by atoms with E-state index in [9.17, 15) is 13.0 Å². The summed E-state index contributed by atoms with van der Waals surface area (Å²) in [6.07, 6.45) is 4.21. The van der Waals surface area contributed by atoms with Crippen LogP contribution < -0.4 is 17.3 Å². The van der Waals surface area contributed by atoms with Crippen molar-refractivity contribution in [1.29, 1.82) is 0 Å². The van der Waals surface area contributed by atoms with Crippen molar-refractivity contribution in [3.63, 3.8) is 0 Å². The molecule has 3 heterocycles. The topological polar surface area (TPSA) is 57.2 Å². The number of halogens is 2. The second kappa shape index (κ2) is 19.2. The molecule has 0 spiro atoms. The van der Waals surface area contributed by atoms with Gasteiger partial charge < -0.3 is 17.3 Å². The van der Waals surface area contributed by atoms with Gasteiger partial charge in [-0.15, -0.1) is 0 Å². The highest BCUT2D eigenvalue weighted by Crippen LogP contribution is 2.47. The first-order chi connectivity index (χ1) is 21.9. The molecule has 3 aliphatic rings. The molecular formula is C35H45F2NO5S2. The molecule has 0 bridgehead atoms. The third-order valence-electron chi connectivity index (χ3n) is 6.78. The van der Waals surface area contributed by atoms with Crippen molar-refractivity contribution < 1.29 is 30.3 Å². The number of methoxy groups -OCH3 is 1. The van der Waals surface area contributed by atoms with Crippen LogP contribution in [0.2, 0.25) is 0 Å². The van der Waals surface area contributed by atoms with Gasteiger partial charge in [0.15, 0.2) is 23.0 Å². The number of benzene rings is 3. The monoisotopic (exact) mass is 661 g/mol. The Morgan fingerprint density at radius 3 is 2.33 bits per heavy atom. The number of rotatable bonds is 5. The summed E-state index contributed by atoms with van der Waals surface area (Å²) >= 11 is -0.648. The van der Waals surface area contributed by atoms with Gasteiger partial charge in [-0.25, -0.2) is 8.78 Å². The van der Waals surface area contributed by atoms with Gasteiger partial charge in [0.25, 0.3) is 0 Å². The third kappa shape index (κ3) is 9.58. The van der Waals surface area contributed by atoms with Crippen LogP contribution in [0.25, 0.3) is 0 Å². The number of hydrogen-bond donors (Lipinski definition) is 0. The van der Waals surface area contributed by atoms with Crippen molar-refractivity contribution in [3.05, 3.63) is 101 Å². The fraction of sp³-hybridized carbons (Fsp3) is 0.371. The van der Waals surface area contributed by atoms with Crippen LogP contribution in [0.3, 0.4) is 0 Å². The maximum Gasteiger partial charge on any atom is 0.417 e. The summed E-state index contributed by atoms with van der Waals surface area (Å²) in [5.74, 6) is 1.85. The quantitative estimate of drug-likeness (QED) is 0.199. The Hall–Kier alpha value is -3.34. The van der Waals surface area contributed by atoms with Crippen LogP contribution in [-0.4, -0.2) is 22.8 Å². The summed E-state index contributed by atoms with van der Waals surface area (Å²) < 4.78 is 59.0. The molecule has 0 radical (unpaired) electrons. The van der Waals surface area contributed by atoms with Gasteiger partial charge in [-0.2, -0.15) is 4.21 Å². The molecule has 3 aromatic rings. The zero-order chi connectivity index (χ0) is 33.5. The number of allylic oxidation sites excluding steroid dienone is 3. The maximum absolute atomic E-state index is 13.5. The van der Waals surface area contributed by atoms with E-state index in [0.717, 1.165) is 43.5 Å². The van der Waals surface area contributed by atoms with Crippen molar-refractivity contribution in [2.75, 3.05) is 13.7 Å². The Morgan fingerprint density at radius 2 is 1.73 bits per heavy atom. The van der Waals surface area contributed by atoms with Crippen LogP contribution in [0, 0.1) is 5.82 Å². The highest BCUT2D eigenvalue weighted by Gasteiger charge is 2.36. The normalized spacial score (nSPS) is 17.0. The van der Waals surface area contributed by atoms with E-state index in [1.54, 1.807) is 26.2 Å². The second-order valence-electron chi connectivity index (χ2n) is 9.05. The van der Waals surface area contributed by atoms with Crippen molar-refractivity contribution in [3.8, 4) is 23.0 Å². The van der Waals surface area contributed by atoms with Gasteiger partial charge in [-0.1, -0.05) is 66.3 Å². The first-order valence-corrected chi connectivity index (χ1v) is 17.1. The molecule has 0 saturated carbocycles. The summed E-state index contributed by atoms with van der Waals surface area (Å²) in [6, 6.07) is 14.4. The number of ether oxygens (including phenoxy) is 1. The molecule has 0 N–H and O–H groups in total. The highest BCUT2D eigenvalue weighted by molar-refractivity contribution is 7.95. The zero-order valence-corrected chi connectivity index (χ0v) is 29.1. The van der Waals surface area contributed by atoms with E-state index in [-0.39, 0.29) is 17.7 Å². The maximum atomic E-state index is 13.5. The van der Waals surface area contributed by atoms with Gasteiger partial charge in [0.2, 0.25) is 0 Å². The largest absolute Gasteiger partial charge is 0.492 e. The number of nitrogens with zero attached hydrogens (tertiary/aromatic N) is 1. The van der Waals surface area contributed by atoms with Gasteiger partial charge in [0, 0.05) is 24.7 Å². The van der Waals surface area contributed by atoms with E-state index >= 15 is 0 Å². The molecule has 6 nitrogen and oxygen atoms in total. The Morgan fingerprint density at radius 1 is 1.04 bits per heavy atom. The highest BCUT2D eigenvalue weighted by atomic mass is 32.2. The first-order valence-electron chi connectivity index (χ1n) is 15.3. The van der Waals surface area contributed by atoms with Gasteiger partial charge in [0.05, 0.1) is 24.0 Å². The molecule has 246 valence electrons. The minimum Gasteiger partial charge on any atom is -0.492 e. The second-order valence-corrected chi connectivity index (χ2v) is 10.6. The van der Waals surface area contributed by atoms with Crippen molar-refractivity contribution in [2.45, 2.75) is 78.8 Å². The molecule has 3 aromatic carbocycles. The molecule has 10 heteroatoms. The predicted octanol–water partition coefficient (Wildman–Crippen LogP) is 10.1.